The lowest BCUT2D eigenvalue weighted by Gasteiger charge is -2.24. The van der Waals surface area contributed by atoms with Gasteiger partial charge in [0.1, 0.15) is 5.82 Å². The first-order valence-corrected chi connectivity index (χ1v) is 6.13. The highest BCUT2D eigenvalue weighted by Gasteiger charge is 2.25. The molecule has 0 aliphatic rings. The molecule has 1 N–H and O–H groups in total. The molecule has 0 aliphatic carbocycles. The van der Waals surface area contributed by atoms with Crippen molar-refractivity contribution >= 4 is 0 Å². The van der Waals surface area contributed by atoms with Crippen LogP contribution in [0.5, 0.6) is 0 Å². The summed E-state index contributed by atoms with van der Waals surface area (Å²) >= 11 is 0. The molecule has 0 bridgehead atoms. The molecular weight excluding hydrogens is 257 g/mol. The third kappa shape index (κ3) is 2.96. The first-order chi connectivity index (χ1) is 9.54. The van der Waals surface area contributed by atoms with Crippen LogP contribution in [0.2, 0.25) is 0 Å². The van der Waals surface area contributed by atoms with Crippen LogP contribution in [0.1, 0.15) is 12.5 Å². The number of nitrogens with zero attached hydrogens (tertiary/aromatic N) is 3. The summed E-state index contributed by atoms with van der Waals surface area (Å²) in [6, 6.07) is 13.3. The van der Waals surface area contributed by atoms with Gasteiger partial charge in [-0.1, -0.05) is 41.5 Å². The standard InChI is InChI=1S/C15H14FN3O/c1-15(20,10-18-19-17)14-5-3-2-4-13(14)11-6-8-12(16)9-7-11/h2-9,20H,10H2,1H3/t15-/m1/s1. The van der Waals surface area contributed by atoms with Gasteiger partial charge >= 0.3 is 0 Å². The van der Waals surface area contributed by atoms with Crippen molar-refractivity contribution < 1.29 is 9.50 Å². The zero-order chi connectivity index (χ0) is 14.6. The highest BCUT2D eigenvalue weighted by molar-refractivity contribution is 5.68. The molecule has 0 aliphatic heterocycles. The summed E-state index contributed by atoms with van der Waals surface area (Å²) in [5.41, 5.74) is 9.33. The Morgan fingerprint density at radius 3 is 2.50 bits per heavy atom. The van der Waals surface area contributed by atoms with E-state index in [1.54, 1.807) is 31.2 Å². The van der Waals surface area contributed by atoms with E-state index in [0.29, 0.717) is 5.56 Å². The molecule has 4 nitrogen and oxygen atoms in total. The number of hydrogen-bond acceptors (Lipinski definition) is 2. The molecule has 0 fully saturated rings. The van der Waals surface area contributed by atoms with E-state index in [2.05, 4.69) is 10.0 Å². The van der Waals surface area contributed by atoms with Crippen LogP contribution >= 0.6 is 0 Å². The second-order valence-electron chi connectivity index (χ2n) is 4.72. The van der Waals surface area contributed by atoms with Crippen LogP contribution < -0.4 is 0 Å². The van der Waals surface area contributed by atoms with E-state index in [9.17, 15) is 9.50 Å². The molecule has 2 rings (SSSR count). The van der Waals surface area contributed by atoms with E-state index in [4.69, 9.17) is 5.53 Å². The van der Waals surface area contributed by atoms with Crippen molar-refractivity contribution in [2.45, 2.75) is 12.5 Å². The van der Waals surface area contributed by atoms with Crippen molar-refractivity contribution in [1.29, 1.82) is 0 Å². The third-order valence-corrected chi connectivity index (χ3v) is 3.10. The van der Waals surface area contributed by atoms with Gasteiger partial charge in [-0.05, 0) is 41.3 Å². The first kappa shape index (κ1) is 14.1. The third-order valence-electron chi connectivity index (χ3n) is 3.10. The lowest BCUT2D eigenvalue weighted by atomic mass is 9.88. The topological polar surface area (TPSA) is 69.0 Å². The van der Waals surface area contributed by atoms with Gasteiger partial charge < -0.3 is 5.11 Å². The van der Waals surface area contributed by atoms with Crippen molar-refractivity contribution in [2.75, 3.05) is 6.54 Å². The van der Waals surface area contributed by atoms with Crippen molar-refractivity contribution in [1.82, 2.24) is 0 Å². The maximum Gasteiger partial charge on any atom is 0.123 e. The van der Waals surface area contributed by atoms with Gasteiger partial charge in [-0.15, -0.1) is 0 Å². The van der Waals surface area contributed by atoms with Crippen LogP contribution in [0.25, 0.3) is 21.6 Å². The van der Waals surface area contributed by atoms with Crippen molar-refractivity contribution in [2.24, 2.45) is 5.11 Å². The van der Waals surface area contributed by atoms with Gasteiger partial charge in [0.15, 0.2) is 0 Å². The van der Waals surface area contributed by atoms with Crippen molar-refractivity contribution in [3.8, 4) is 11.1 Å². The van der Waals surface area contributed by atoms with E-state index in [1.807, 2.05) is 12.1 Å². The average molecular weight is 271 g/mol. The normalized spacial score (nSPS) is 13.3. The quantitative estimate of drug-likeness (QED) is 0.509. The van der Waals surface area contributed by atoms with Gasteiger partial charge in [0.05, 0.1) is 12.1 Å². The lowest BCUT2D eigenvalue weighted by Crippen LogP contribution is -2.25. The summed E-state index contributed by atoms with van der Waals surface area (Å²) in [5.74, 6) is -0.313. The van der Waals surface area contributed by atoms with E-state index in [0.717, 1.165) is 11.1 Å². The molecule has 2 aromatic carbocycles. The lowest BCUT2D eigenvalue weighted by molar-refractivity contribution is 0.0675. The molecule has 0 unspecified atom stereocenters. The van der Waals surface area contributed by atoms with Gasteiger partial charge in [-0.2, -0.15) is 0 Å². The molecule has 20 heavy (non-hydrogen) atoms. The maximum absolute atomic E-state index is 13.0. The number of rotatable bonds is 4. The zero-order valence-electron chi connectivity index (χ0n) is 11.0. The predicted octanol–water partition coefficient (Wildman–Crippen LogP) is 4.01. The fourth-order valence-electron chi connectivity index (χ4n) is 2.09. The highest BCUT2D eigenvalue weighted by Crippen LogP contribution is 2.32. The molecule has 0 amide bonds. The SMILES string of the molecule is C[C@@](O)(CN=[N+]=[N-])c1ccccc1-c1ccc(F)cc1. The van der Waals surface area contributed by atoms with E-state index >= 15 is 0 Å². The first-order valence-electron chi connectivity index (χ1n) is 6.13. The van der Waals surface area contributed by atoms with Gasteiger partial charge in [0.2, 0.25) is 0 Å². The van der Waals surface area contributed by atoms with Gasteiger partial charge in [-0.25, -0.2) is 4.39 Å². The second kappa shape index (κ2) is 5.74. The molecule has 102 valence electrons. The molecule has 0 heterocycles. The Kier molecular flexibility index (Phi) is 4.03. The number of azide groups is 1. The van der Waals surface area contributed by atoms with E-state index in [-0.39, 0.29) is 12.4 Å². The fraction of sp³-hybridized carbons (Fsp3) is 0.200. The Labute approximate surface area is 116 Å². The van der Waals surface area contributed by atoms with Crippen LogP contribution in [-0.4, -0.2) is 11.7 Å². The second-order valence-corrected chi connectivity index (χ2v) is 4.72. The smallest absolute Gasteiger partial charge is 0.123 e. The summed E-state index contributed by atoms with van der Waals surface area (Å²) in [6.45, 7) is 1.52. The van der Waals surface area contributed by atoms with Gasteiger partial charge in [0, 0.05) is 4.91 Å². The van der Waals surface area contributed by atoms with Gasteiger partial charge in [-0.3, -0.25) is 0 Å². The van der Waals surface area contributed by atoms with Crippen LogP contribution in [0, 0.1) is 5.82 Å². The fourth-order valence-corrected chi connectivity index (χ4v) is 2.09. The number of benzene rings is 2. The van der Waals surface area contributed by atoms with E-state index < -0.39 is 5.60 Å². The molecule has 0 saturated heterocycles. The molecule has 0 radical (unpaired) electrons. The molecule has 0 saturated carbocycles. The molecule has 0 aromatic heterocycles. The summed E-state index contributed by atoms with van der Waals surface area (Å²) < 4.78 is 13.0. The predicted molar refractivity (Wildman–Crippen MR) is 75.4 cm³/mol. The van der Waals surface area contributed by atoms with Crippen molar-refractivity contribution in [3.63, 3.8) is 0 Å². The summed E-state index contributed by atoms with van der Waals surface area (Å²) in [6.07, 6.45) is 0. The highest BCUT2D eigenvalue weighted by atomic mass is 19.1. The molecular formula is C15H14FN3O. The summed E-state index contributed by atoms with van der Waals surface area (Å²) in [4.78, 5) is 2.68. The Hall–Kier alpha value is -2.36. The zero-order valence-corrected chi connectivity index (χ0v) is 11.0. The Morgan fingerprint density at radius 2 is 1.85 bits per heavy atom. The minimum Gasteiger partial charge on any atom is -0.385 e. The summed E-state index contributed by atoms with van der Waals surface area (Å²) in [7, 11) is 0. The Balaban J connectivity index is 2.50. The Bertz CT molecular complexity index is 646. The minimum absolute atomic E-state index is 0.0677. The van der Waals surface area contributed by atoms with Gasteiger partial charge in [0.25, 0.3) is 0 Å². The number of halogens is 1. The monoisotopic (exact) mass is 271 g/mol. The minimum atomic E-state index is -1.28. The maximum atomic E-state index is 13.0. The molecule has 1 atom stereocenters. The van der Waals surface area contributed by atoms with Crippen LogP contribution in [0.15, 0.2) is 53.6 Å². The Morgan fingerprint density at radius 1 is 1.20 bits per heavy atom. The van der Waals surface area contributed by atoms with Crippen LogP contribution in [0.4, 0.5) is 4.39 Å². The summed E-state index contributed by atoms with van der Waals surface area (Å²) in [5, 5.41) is 13.9. The van der Waals surface area contributed by atoms with Crippen molar-refractivity contribution in [3.05, 3.63) is 70.4 Å². The van der Waals surface area contributed by atoms with Crippen LogP contribution in [0.3, 0.4) is 0 Å². The molecule has 5 heteroatoms. The van der Waals surface area contributed by atoms with E-state index in [1.165, 1.54) is 12.1 Å². The molecule has 2 aromatic rings. The number of aliphatic hydroxyl groups is 1. The number of hydrogen-bond donors (Lipinski definition) is 1. The largest absolute Gasteiger partial charge is 0.385 e. The average Bonchev–Trinajstić information content (AvgIpc) is 2.46. The molecule has 0 spiro atoms. The van der Waals surface area contributed by atoms with Crippen LogP contribution in [-0.2, 0) is 5.60 Å².